The van der Waals surface area contributed by atoms with Crippen molar-refractivity contribution in [1.82, 2.24) is 4.31 Å². The number of sulfonamides is 1. The lowest BCUT2D eigenvalue weighted by Gasteiger charge is -2.30. The van der Waals surface area contributed by atoms with Gasteiger partial charge < -0.3 is 19.9 Å². The van der Waals surface area contributed by atoms with Crippen molar-refractivity contribution >= 4 is 27.6 Å². The van der Waals surface area contributed by atoms with Crippen LogP contribution in [0.4, 0.5) is 5.69 Å². The summed E-state index contributed by atoms with van der Waals surface area (Å²) in [6.45, 7) is 1.27. The minimum atomic E-state index is -3.61. The van der Waals surface area contributed by atoms with Crippen molar-refractivity contribution in [2.75, 3.05) is 31.6 Å². The van der Waals surface area contributed by atoms with Crippen LogP contribution >= 0.6 is 0 Å². The zero-order valence-electron chi connectivity index (χ0n) is 17.3. The van der Waals surface area contributed by atoms with Gasteiger partial charge in [-0.05, 0) is 25.0 Å². The number of hydrogen-bond donors (Lipinski definition) is 2. The van der Waals surface area contributed by atoms with Gasteiger partial charge in [-0.3, -0.25) is 4.79 Å². The Bertz CT molecular complexity index is 1110. The Hall–Kier alpha value is -3.11. The molecule has 10 heteroatoms. The summed E-state index contributed by atoms with van der Waals surface area (Å²) in [5.41, 5.74) is 0.0396. The number of piperidine rings is 1. The molecule has 0 atom stereocenters. The Morgan fingerprint density at radius 3 is 2.25 bits per heavy atom. The van der Waals surface area contributed by atoms with Gasteiger partial charge in [-0.2, -0.15) is 4.31 Å². The first-order valence-corrected chi connectivity index (χ1v) is 11.8. The second kappa shape index (κ2) is 9.17. The minimum Gasteiger partial charge on any atom is -0.490 e. The van der Waals surface area contributed by atoms with Crippen LogP contribution in [0.3, 0.4) is 0 Å². The van der Waals surface area contributed by atoms with Gasteiger partial charge in [0.2, 0.25) is 15.9 Å². The molecular formula is C22H24N2O7S. The largest absolute Gasteiger partial charge is 0.490 e. The van der Waals surface area contributed by atoms with Gasteiger partial charge in [0.15, 0.2) is 11.5 Å². The predicted octanol–water partition coefficient (Wildman–Crippen LogP) is 2.59. The van der Waals surface area contributed by atoms with E-state index in [1.807, 2.05) is 0 Å². The average Bonchev–Trinajstić information content (AvgIpc) is 3.04. The molecule has 0 bridgehead atoms. The molecule has 1 fully saturated rings. The van der Waals surface area contributed by atoms with Crippen LogP contribution in [0.2, 0.25) is 0 Å². The fourth-order valence-electron chi connectivity index (χ4n) is 3.82. The third-order valence-electron chi connectivity index (χ3n) is 5.58. The maximum atomic E-state index is 12.9. The summed E-state index contributed by atoms with van der Waals surface area (Å²) in [5, 5.41) is 12.3. The summed E-state index contributed by atoms with van der Waals surface area (Å²) in [7, 11) is -3.61. The molecule has 2 N–H and O–H groups in total. The number of hydrogen-bond acceptors (Lipinski definition) is 6. The summed E-state index contributed by atoms with van der Waals surface area (Å²) in [6.07, 6.45) is 1.35. The number of nitrogens with one attached hydrogen (secondary N) is 1. The smallest absolute Gasteiger partial charge is 0.337 e. The third-order valence-corrected chi connectivity index (χ3v) is 7.49. The van der Waals surface area contributed by atoms with Crippen molar-refractivity contribution in [3.8, 4) is 11.5 Å². The predicted molar refractivity (Wildman–Crippen MR) is 116 cm³/mol. The van der Waals surface area contributed by atoms with Crippen molar-refractivity contribution in [1.29, 1.82) is 0 Å². The topological polar surface area (TPSA) is 122 Å². The van der Waals surface area contributed by atoms with Crippen LogP contribution in [0.15, 0.2) is 47.4 Å². The molecule has 0 aromatic heterocycles. The molecule has 2 heterocycles. The molecular weight excluding hydrogens is 436 g/mol. The Morgan fingerprint density at radius 1 is 1.00 bits per heavy atom. The molecule has 1 amide bonds. The number of benzene rings is 2. The van der Waals surface area contributed by atoms with E-state index in [2.05, 4.69) is 5.32 Å². The van der Waals surface area contributed by atoms with Gasteiger partial charge in [-0.15, -0.1) is 0 Å². The van der Waals surface area contributed by atoms with Crippen molar-refractivity contribution in [2.45, 2.75) is 24.2 Å². The average molecular weight is 461 g/mol. The van der Waals surface area contributed by atoms with E-state index < -0.39 is 21.9 Å². The summed E-state index contributed by atoms with van der Waals surface area (Å²) in [5.74, 6) is -1.27. The standard InChI is InChI=1S/C22H24N2O7S/c25-21(15-7-9-24(10-8-15)32(28,29)16-5-2-1-3-6-16)23-18-14-20-19(13-17(18)22(26)27)30-11-4-12-31-20/h1-3,5-6,13-15H,4,7-12H2,(H,23,25)(H,26,27). The second-order valence-corrected chi connectivity index (χ2v) is 9.62. The number of carbonyl (C=O) groups is 2. The number of amides is 1. The van der Waals surface area contributed by atoms with E-state index in [1.54, 1.807) is 30.3 Å². The fourth-order valence-corrected chi connectivity index (χ4v) is 5.31. The van der Waals surface area contributed by atoms with Crippen LogP contribution in [0.5, 0.6) is 11.5 Å². The first-order valence-electron chi connectivity index (χ1n) is 10.4. The van der Waals surface area contributed by atoms with E-state index in [0.717, 1.165) is 0 Å². The van der Waals surface area contributed by atoms with E-state index in [9.17, 15) is 23.1 Å². The molecule has 2 aliphatic rings. The number of aromatic carboxylic acids is 1. The number of carboxylic acid groups (broad SMARTS) is 1. The van der Waals surface area contributed by atoms with Gasteiger partial charge in [0.05, 0.1) is 29.4 Å². The molecule has 0 unspecified atom stereocenters. The molecule has 9 nitrogen and oxygen atoms in total. The van der Waals surface area contributed by atoms with Crippen molar-refractivity contribution in [3.63, 3.8) is 0 Å². The van der Waals surface area contributed by atoms with E-state index in [1.165, 1.54) is 16.4 Å². The van der Waals surface area contributed by atoms with Crippen LogP contribution < -0.4 is 14.8 Å². The SMILES string of the molecule is O=C(O)c1cc2c(cc1NC(=O)C1CCN(S(=O)(=O)c3ccccc3)CC1)OCCCO2. The number of carboxylic acids is 1. The van der Waals surface area contributed by atoms with Crippen LogP contribution in [-0.2, 0) is 14.8 Å². The van der Waals surface area contributed by atoms with E-state index >= 15 is 0 Å². The summed E-state index contributed by atoms with van der Waals surface area (Å²) >= 11 is 0. The third kappa shape index (κ3) is 4.56. The zero-order chi connectivity index (χ0) is 22.7. The van der Waals surface area contributed by atoms with Crippen LogP contribution in [-0.4, -0.2) is 56.0 Å². The van der Waals surface area contributed by atoms with E-state index in [0.29, 0.717) is 44.0 Å². The number of ether oxygens (including phenoxy) is 2. The number of fused-ring (bicyclic) bond motifs is 1. The molecule has 0 radical (unpaired) electrons. The van der Waals surface area contributed by atoms with Crippen LogP contribution in [0, 0.1) is 5.92 Å². The van der Waals surface area contributed by atoms with Gasteiger partial charge in [-0.1, -0.05) is 18.2 Å². The first kappa shape index (κ1) is 22.1. The summed E-state index contributed by atoms with van der Waals surface area (Å²) in [6, 6.07) is 11.0. The second-order valence-electron chi connectivity index (χ2n) is 7.68. The fraction of sp³-hybridized carbons (Fsp3) is 0.364. The molecule has 170 valence electrons. The number of nitrogens with zero attached hydrogens (tertiary/aromatic N) is 1. The lowest BCUT2D eigenvalue weighted by Crippen LogP contribution is -2.41. The minimum absolute atomic E-state index is 0.0910. The Labute approximate surface area is 186 Å². The lowest BCUT2D eigenvalue weighted by molar-refractivity contribution is -0.120. The quantitative estimate of drug-likeness (QED) is 0.703. The molecule has 0 saturated carbocycles. The normalized spacial score (nSPS) is 17.4. The number of rotatable bonds is 5. The molecule has 32 heavy (non-hydrogen) atoms. The summed E-state index contributed by atoms with van der Waals surface area (Å²) in [4.78, 5) is 24.8. The van der Waals surface area contributed by atoms with Crippen molar-refractivity contribution in [2.24, 2.45) is 5.92 Å². The van der Waals surface area contributed by atoms with Crippen molar-refractivity contribution in [3.05, 3.63) is 48.0 Å². The van der Waals surface area contributed by atoms with Gasteiger partial charge in [0.1, 0.15) is 0 Å². The van der Waals surface area contributed by atoms with Gasteiger partial charge in [0, 0.05) is 37.6 Å². The van der Waals surface area contributed by atoms with Crippen LogP contribution in [0.1, 0.15) is 29.6 Å². The monoisotopic (exact) mass is 460 g/mol. The maximum absolute atomic E-state index is 12.9. The molecule has 0 aliphatic carbocycles. The highest BCUT2D eigenvalue weighted by Gasteiger charge is 2.32. The first-order chi connectivity index (χ1) is 15.4. The van der Waals surface area contributed by atoms with Gasteiger partial charge in [-0.25, -0.2) is 13.2 Å². The van der Waals surface area contributed by atoms with Gasteiger partial charge >= 0.3 is 5.97 Å². The Morgan fingerprint density at radius 2 is 1.62 bits per heavy atom. The molecule has 4 rings (SSSR count). The highest BCUT2D eigenvalue weighted by atomic mass is 32.2. The molecule has 1 saturated heterocycles. The highest BCUT2D eigenvalue weighted by molar-refractivity contribution is 7.89. The molecule has 2 aromatic rings. The highest BCUT2D eigenvalue weighted by Crippen LogP contribution is 2.36. The number of carbonyl (C=O) groups excluding carboxylic acids is 1. The van der Waals surface area contributed by atoms with Gasteiger partial charge in [0.25, 0.3) is 0 Å². The van der Waals surface area contributed by atoms with Crippen molar-refractivity contribution < 1.29 is 32.6 Å². The van der Waals surface area contributed by atoms with E-state index in [-0.39, 0.29) is 35.1 Å². The Kier molecular flexibility index (Phi) is 6.33. The molecule has 0 spiro atoms. The number of anilines is 1. The molecule has 2 aromatic carbocycles. The molecule has 2 aliphatic heterocycles. The Balaban J connectivity index is 1.45. The lowest BCUT2D eigenvalue weighted by atomic mass is 9.97. The maximum Gasteiger partial charge on any atom is 0.337 e. The van der Waals surface area contributed by atoms with E-state index in [4.69, 9.17) is 9.47 Å². The van der Waals surface area contributed by atoms with Crippen LogP contribution in [0.25, 0.3) is 0 Å². The zero-order valence-corrected chi connectivity index (χ0v) is 18.1. The summed E-state index contributed by atoms with van der Waals surface area (Å²) < 4.78 is 38.1.